The standard InChI is InChI=1S/C15H19BrN4/c1-5-12-10(4)18-14(19-15(12)20-17)11-6-8(2)13(16)9(3)7-11/h6-7H,5,17H2,1-4H3,(H,18,19,20). The average molecular weight is 335 g/mol. The number of aryl methyl sites for hydroxylation is 3. The van der Waals surface area contributed by atoms with Gasteiger partial charge in [0.15, 0.2) is 5.82 Å². The third kappa shape index (κ3) is 2.69. The average Bonchev–Trinajstić information content (AvgIpc) is 2.43. The largest absolute Gasteiger partial charge is 0.308 e. The van der Waals surface area contributed by atoms with Crippen LogP contribution in [0.1, 0.15) is 29.3 Å². The molecule has 2 aromatic rings. The highest BCUT2D eigenvalue weighted by Crippen LogP contribution is 2.28. The summed E-state index contributed by atoms with van der Waals surface area (Å²) in [5, 5.41) is 0. The van der Waals surface area contributed by atoms with Crippen LogP contribution < -0.4 is 11.3 Å². The molecule has 1 aromatic heterocycles. The minimum Gasteiger partial charge on any atom is -0.308 e. The van der Waals surface area contributed by atoms with Gasteiger partial charge in [-0.05, 0) is 50.5 Å². The second-order valence-corrected chi connectivity index (χ2v) is 5.67. The Morgan fingerprint density at radius 2 is 1.75 bits per heavy atom. The number of nitrogens with two attached hydrogens (primary N) is 1. The van der Waals surface area contributed by atoms with Crippen molar-refractivity contribution in [3.63, 3.8) is 0 Å². The molecule has 20 heavy (non-hydrogen) atoms. The molecule has 0 amide bonds. The molecular weight excluding hydrogens is 316 g/mol. The van der Waals surface area contributed by atoms with Gasteiger partial charge < -0.3 is 5.43 Å². The maximum Gasteiger partial charge on any atom is 0.161 e. The molecule has 0 spiro atoms. The fourth-order valence-electron chi connectivity index (χ4n) is 2.34. The van der Waals surface area contributed by atoms with Crippen LogP contribution in [0, 0.1) is 20.8 Å². The molecule has 2 rings (SSSR count). The number of halogens is 1. The Kier molecular flexibility index (Phi) is 4.40. The second-order valence-electron chi connectivity index (χ2n) is 4.88. The zero-order valence-electron chi connectivity index (χ0n) is 12.2. The van der Waals surface area contributed by atoms with Gasteiger partial charge in [0, 0.05) is 21.3 Å². The lowest BCUT2D eigenvalue weighted by molar-refractivity contribution is 0.994. The number of benzene rings is 1. The van der Waals surface area contributed by atoms with Crippen molar-refractivity contribution in [1.82, 2.24) is 9.97 Å². The SMILES string of the molecule is CCc1c(C)nc(-c2cc(C)c(Br)c(C)c2)nc1NN. The van der Waals surface area contributed by atoms with Crippen molar-refractivity contribution in [1.29, 1.82) is 0 Å². The second kappa shape index (κ2) is 5.89. The van der Waals surface area contributed by atoms with Crippen LogP contribution in [0.3, 0.4) is 0 Å². The number of rotatable bonds is 3. The fourth-order valence-corrected chi connectivity index (χ4v) is 2.57. The van der Waals surface area contributed by atoms with E-state index in [1.54, 1.807) is 0 Å². The Bertz CT molecular complexity index is 630. The van der Waals surface area contributed by atoms with Crippen LogP contribution in [-0.4, -0.2) is 9.97 Å². The van der Waals surface area contributed by atoms with Gasteiger partial charge in [0.25, 0.3) is 0 Å². The van der Waals surface area contributed by atoms with Crippen molar-refractivity contribution in [2.75, 3.05) is 5.43 Å². The predicted octanol–water partition coefficient (Wildman–Crippen LogP) is 3.68. The van der Waals surface area contributed by atoms with Crippen LogP contribution in [0.15, 0.2) is 16.6 Å². The normalized spacial score (nSPS) is 10.7. The zero-order valence-corrected chi connectivity index (χ0v) is 13.8. The van der Waals surface area contributed by atoms with E-state index in [1.807, 2.05) is 6.92 Å². The number of nitrogens with zero attached hydrogens (tertiary/aromatic N) is 2. The first kappa shape index (κ1) is 14.9. The minimum absolute atomic E-state index is 0.700. The van der Waals surface area contributed by atoms with E-state index in [-0.39, 0.29) is 0 Å². The molecule has 0 aliphatic heterocycles. The number of hydrogen-bond donors (Lipinski definition) is 2. The van der Waals surface area contributed by atoms with E-state index in [9.17, 15) is 0 Å². The van der Waals surface area contributed by atoms with E-state index in [0.29, 0.717) is 11.6 Å². The minimum atomic E-state index is 0.700. The van der Waals surface area contributed by atoms with E-state index >= 15 is 0 Å². The molecule has 0 unspecified atom stereocenters. The Hall–Kier alpha value is -1.46. The van der Waals surface area contributed by atoms with Gasteiger partial charge in [-0.3, -0.25) is 0 Å². The number of nitrogen functional groups attached to an aromatic ring is 1. The number of aromatic nitrogens is 2. The first-order chi connectivity index (χ1) is 9.47. The van der Waals surface area contributed by atoms with Crippen LogP contribution in [0.2, 0.25) is 0 Å². The lowest BCUT2D eigenvalue weighted by Crippen LogP contribution is -2.13. The van der Waals surface area contributed by atoms with E-state index < -0.39 is 0 Å². The maximum atomic E-state index is 5.58. The molecule has 1 aromatic carbocycles. The molecule has 0 bridgehead atoms. The summed E-state index contributed by atoms with van der Waals surface area (Å²) in [6.45, 7) is 8.19. The highest BCUT2D eigenvalue weighted by atomic mass is 79.9. The Morgan fingerprint density at radius 3 is 2.25 bits per heavy atom. The number of nitrogens with one attached hydrogen (secondary N) is 1. The molecule has 3 N–H and O–H groups in total. The molecule has 4 nitrogen and oxygen atoms in total. The van der Waals surface area contributed by atoms with Crippen LogP contribution in [0.5, 0.6) is 0 Å². The van der Waals surface area contributed by atoms with Gasteiger partial charge in [-0.25, -0.2) is 15.8 Å². The quantitative estimate of drug-likeness (QED) is 0.663. The third-order valence-corrected chi connectivity index (χ3v) is 4.65. The number of hydrazine groups is 1. The lowest BCUT2D eigenvalue weighted by atomic mass is 10.1. The van der Waals surface area contributed by atoms with Crippen LogP contribution in [0.4, 0.5) is 5.82 Å². The third-order valence-electron chi connectivity index (χ3n) is 3.40. The molecule has 0 aliphatic carbocycles. The molecule has 0 radical (unpaired) electrons. The van der Waals surface area contributed by atoms with Gasteiger partial charge >= 0.3 is 0 Å². The van der Waals surface area contributed by atoms with Gasteiger partial charge in [0.1, 0.15) is 5.82 Å². The molecule has 1 heterocycles. The number of anilines is 1. The van der Waals surface area contributed by atoms with Crippen molar-refractivity contribution in [2.24, 2.45) is 5.84 Å². The van der Waals surface area contributed by atoms with Crippen molar-refractivity contribution in [3.05, 3.63) is 39.0 Å². The zero-order chi connectivity index (χ0) is 14.9. The summed E-state index contributed by atoms with van der Waals surface area (Å²) in [6, 6.07) is 4.16. The number of hydrogen-bond acceptors (Lipinski definition) is 4. The highest BCUT2D eigenvalue weighted by Gasteiger charge is 2.12. The Morgan fingerprint density at radius 1 is 1.15 bits per heavy atom. The summed E-state index contributed by atoms with van der Waals surface area (Å²) >= 11 is 3.58. The summed E-state index contributed by atoms with van der Waals surface area (Å²) in [7, 11) is 0. The highest BCUT2D eigenvalue weighted by molar-refractivity contribution is 9.10. The molecule has 0 saturated carbocycles. The van der Waals surface area contributed by atoms with Crippen molar-refractivity contribution in [2.45, 2.75) is 34.1 Å². The fraction of sp³-hybridized carbons (Fsp3) is 0.333. The van der Waals surface area contributed by atoms with Crippen molar-refractivity contribution < 1.29 is 0 Å². The Balaban J connectivity index is 2.62. The summed E-state index contributed by atoms with van der Waals surface area (Å²) < 4.78 is 1.13. The summed E-state index contributed by atoms with van der Waals surface area (Å²) in [5.41, 5.74) is 8.04. The lowest BCUT2D eigenvalue weighted by Gasteiger charge is -2.13. The van der Waals surface area contributed by atoms with Crippen molar-refractivity contribution >= 4 is 21.7 Å². The smallest absolute Gasteiger partial charge is 0.161 e. The van der Waals surface area contributed by atoms with Gasteiger partial charge in [-0.2, -0.15) is 0 Å². The summed E-state index contributed by atoms with van der Waals surface area (Å²) in [4.78, 5) is 9.16. The molecule has 0 aliphatic rings. The molecular formula is C15H19BrN4. The first-order valence-corrected chi connectivity index (χ1v) is 7.38. The van der Waals surface area contributed by atoms with E-state index in [1.165, 1.54) is 11.1 Å². The van der Waals surface area contributed by atoms with Crippen LogP contribution in [0.25, 0.3) is 11.4 Å². The van der Waals surface area contributed by atoms with Crippen LogP contribution >= 0.6 is 15.9 Å². The van der Waals surface area contributed by atoms with E-state index in [4.69, 9.17) is 5.84 Å². The van der Waals surface area contributed by atoms with Gasteiger partial charge in [-0.1, -0.05) is 22.9 Å². The maximum absolute atomic E-state index is 5.58. The Labute approximate surface area is 127 Å². The molecule has 0 fully saturated rings. The van der Waals surface area contributed by atoms with E-state index in [2.05, 4.69) is 64.2 Å². The molecule has 106 valence electrons. The predicted molar refractivity (Wildman–Crippen MR) is 86.6 cm³/mol. The van der Waals surface area contributed by atoms with E-state index in [0.717, 1.165) is 27.7 Å². The summed E-state index contributed by atoms with van der Waals surface area (Å²) in [5.74, 6) is 6.98. The van der Waals surface area contributed by atoms with Crippen molar-refractivity contribution in [3.8, 4) is 11.4 Å². The topological polar surface area (TPSA) is 63.8 Å². The van der Waals surface area contributed by atoms with Gasteiger partial charge in [0.05, 0.1) is 0 Å². The van der Waals surface area contributed by atoms with Crippen LogP contribution in [-0.2, 0) is 6.42 Å². The monoisotopic (exact) mass is 334 g/mol. The first-order valence-electron chi connectivity index (χ1n) is 6.59. The van der Waals surface area contributed by atoms with Gasteiger partial charge in [0.2, 0.25) is 0 Å². The molecule has 0 saturated heterocycles. The summed E-state index contributed by atoms with van der Waals surface area (Å²) in [6.07, 6.45) is 0.851. The molecule has 0 atom stereocenters. The molecule has 5 heteroatoms. The van der Waals surface area contributed by atoms with Gasteiger partial charge in [-0.15, -0.1) is 0 Å².